The van der Waals surface area contributed by atoms with Crippen LogP contribution in [0, 0.1) is 0 Å². The van der Waals surface area contributed by atoms with E-state index in [4.69, 9.17) is 33.2 Å². The Balaban J connectivity index is 0.000000114. The van der Waals surface area contributed by atoms with Crippen LogP contribution in [0.1, 0.15) is 90.4 Å². The third-order valence-electron chi connectivity index (χ3n) is 26.2. The number of thiazole rings is 1. The number of benzene rings is 7. The van der Waals surface area contributed by atoms with Gasteiger partial charge in [0.05, 0.1) is 36.5 Å². The van der Waals surface area contributed by atoms with Crippen LogP contribution < -0.4 is 61.8 Å². The predicted octanol–water partition coefficient (Wildman–Crippen LogP) is 21.5. The number of aromatic nitrogens is 13. The first kappa shape index (κ1) is 98.1. The third-order valence-corrected chi connectivity index (χ3v) is 27.1. The van der Waals surface area contributed by atoms with Gasteiger partial charge in [0.25, 0.3) is 33.4 Å². The molecule has 0 radical (unpaired) electrons. The summed E-state index contributed by atoms with van der Waals surface area (Å²) in [7, 11) is 12.1. The van der Waals surface area contributed by atoms with Gasteiger partial charge in [-0.3, -0.25) is 28.8 Å². The summed E-state index contributed by atoms with van der Waals surface area (Å²) in [5.41, 5.74) is 13.7. The number of phenols is 5. The average molecular weight is 1970 g/mol. The van der Waals surface area contributed by atoms with Crippen LogP contribution in [-0.4, -0.2) is 126 Å². The maximum absolute atomic E-state index is 12.3. The number of phenolic OH excluding ortho intramolecular Hbond substituents is 5. The van der Waals surface area contributed by atoms with Crippen molar-refractivity contribution in [3.63, 3.8) is 0 Å². The molecular weight excluding hydrogens is 1860 g/mol. The van der Waals surface area contributed by atoms with Crippen LogP contribution in [0.3, 0.4) is 0 Å². The summed E-state index contributed by atoms with van der Waals surface area (Å²) in [6.07, 6.45) is 36.0. The van der Waals surface area contributed by atoms with Crippen molar-refractivity contribution in [2.75, 3.05) is 13.7 Å². The molecule has 3 aliphatic carbocycles. The molecule has 0 unspecified atom stereocenters. The Kier molecular flexibility index (Phi) is 29.4. The molecule has 145 heavy (non-hydrogen) atoms. The molecule has 0 saturated heterocycles. The Bertz CT molecular complexity index is 8460. The van der Waals surface area contributed by atoms with Crippen LogP contribution in [0.5, 0.6) is 74.9 Å². The zero-order valence-corrected chi connectivity index (χ0v) is 82.0. The number of hydrogen-bond donors (Lipinski definition) is 11. The Morgan fingerprint density at radius 3 is 0.924 bits per heavy atom. The number of ether oxygens (including phenoxy) is 7. The van der Waals surface area contributed by atoms with E-state index in [-0.39, 0.29) is 80.4 Å². The molecule has 31 nitrogen and oxygen atoms in total. The summed E-state index contributed by atoms with van der Waals surface area (Å²) in [5.74, 6) is 6.31. The van der Waals surface area contributed by atoms with Gasteiger partial charge in [0, 0.05) is 217 Å². The predicted molar refractivity (Wildman–Crippen MR) is 566 cm³/mol. The van der Waals surface area contributed by atoms with Crippen molar-refractivity contribution >= 4 is 76.8 Å². The van der Waals surface area contributed by atoms with Crippen molar-refractivity contribution in [2.24, 2.45) is 42.3 Å². The van der Waals surface area contributed by atoms with E-state index in [1.165, 1.54) is 46.2 Å². The van der Waals surface area contributed by atoms with E-state index in [1.807, 2.05) is 116 Å². The summed E-state index contributed by atoms with van der Waals surface area (Å²) in [5, 5.41) is 54.8. The van der Waals surface area contributed by atoms with Gasteiger partial charge in [0.15, 0.2) is 0 Å². The van der Waals surface area contributed by atoms with Crippen LogP contribution in [-0.2, 0) is 47.0 Å². The molecule has 0 spiro atoms. The first-order valence-electron chi connectivity index (χ1n) is 48.0. The zero-order valence-electron chi connectivity index (χ0n) is 81.2. The monoisotopic (exact) mass is 1970 g/mol. The first-order chi connectivity index (χ1) is 70.3. The fourth-order valence-corrected chi connectivity index (χ4v) is 19.3. The van der Waals surface area contributed by atoms with Crippen LogP contribution in [0.15, 0.2) is 297 Å². The fourth-order valence-electron chi connectivity index (χ4n) is 18.5. The number of aromatic amines is 6. The lowest BCUT2D eigenvalue weighted by atomic mass is 9.94. The number of aromatic hydroxyl groups is 5. The molecule has 13 aromatic heterocycles. The Morgan fingerprint density at radius 1 is 0.317 bits per heavy atom. The molecule has 0 bridgehead atoms. The van der Waals surface area contributed by atoms with Gasteiger partial charge in [-0.05, 0) is 229 Å². The van der Waals surface area contributed by atoms with Crippen LogP contribution in [0.2, 0.25) is 0 Å². The molecule has 7 aromatic carbocycles. The lowest BCUT2D eigenvalue weighted by Crippen LogP contribution is -2.27. The van der Waals surface area contributed by atoms with E-state index in [9.17, 15) is 54.3 Å². The van der Waals surface area contributed by atoms with E-state index in [2.05, 4.69) is 34.9 Å². The molecule has 0 amide bonds. The summed E-state index contributed by atoms with van der Waals surface area (Å²) >= 11 is 1.49. The SMILES string of the molecule is CCCOc1ccc(O)cc1-c1cn(C)c(=O)c2[nH]ccc12.COC1CCC(Oc2ccc(O)cc2-c2cn(C)c(=O)c3[nH]ccc23)CC1.Cn1cc(-c2cc(O)ccc2OC2CCC2)c2cc[nH]c2c1=O.Cn1cc(-c2cc(O)ccc2OC2CCCCC2)c2cc[nH]c2c1=O.Cn1cc(-c2cc(O)ccc2Oc2ccccc2)c2cc[nH]c2c1=O.Cn1cc(-c2scnc2Oc2ccccc2)c2cc[nH]c2c1=O. The molecule has 3 fully saturated rings. The van der Waals surface area contributed by atoms with E-state index in [0.29, 0.717) is 74.5 Å². The molecular formula is C113H111N13O18S. The van der Waals surface area contributed by atoms with Gasteiger partial charge in [-0.2, -0.15) is 0 Å². The van der Waals surface area contributed by atoms with Gasteiger partial charge in [0.2, 0.25) is 5.88 Å². The lowest BCUT2D eigenvalue weighted by Gasteiger charge is -2.29. The second-order valence-electron chi connectivity index (χ2n) is 36.2. The fraction of sp³-hybridized carbons (Fsp3) is 0.230. The highest BCUT2D eigenvalue weighted by Gasteiger charge is 2.29. The van der Waals surface area contributed by atoms with Crippen molar-refractivity contribution < 1.29 is 58.7 Å². The highest BCUT2D eigenvalue weighted by molar-refractivity contribution is 7.13. The topological polar surface area (TPSA) is 405 Å². The number of hydrogen-bond acceptors (Lipinski definition) is 20. The number of methoxy groups -OCH3 is 1. The van der Waals surface area contributed by atoms with Gasteiger partial charge < -0.3 is 116 Å². The molecule has 742 valence electrons. The maximum atomic E-state index is 12.3. The largest absolute Gasteiger partial charge is 0.508 e. The molecule has 32 heteroatoms. The Labute approximate surface area is 834 Å². The van der Waals surface area contributed by atoms with Crippen molar-refractivity contribution in [3.8, 4) is 141 Å². The van der Waals surface area contributed by atoms with Gasteiger partial charge in [-0.25, -0.2) is 4.98 Å². The van der Waals surface area contributed by atoms with Gasteiger partial charge in [-0.1, -0.05) is 49.7 Å². The van der Waals surface area contributed by atoms with Crippen LogP contribution >= 0.6 is 11.3 Å². The van der Waals surface area contributed by atoms with E-state index >= 15 is 0 Å². The minimum Gasteiger partial charge on any atom is -0.508 e. The number of nitrogens with one attached hydrogen (secondary N) is 6. The molecule has 0 aliphatic heterocycles. The Morgan fingerprint density at radius 2 is 0.600 bits per heavy atom. The molecule has 20 aromatic rings. The number of rotatable bonds is 20. The number of H-pyrrole nitrogens is 6. The average Bonchev–Trinajstić information content (AvgIpc) is 1.64. The van der Waals surface area contributed by atoms with E-state index < -0.39 is 0 Å². The Hall–Kier alpha value is -17.1. The van der Waals surface area contributed by atoms with Gasteiger partial charge in [0.1, 0.15) is 107 Å². The molecule has 13 heterocycles. The number of para-hydroxylation sites is 2. The molecule has 3 aliphatic rings. The van der Waals surface area contributed by atoms with Crippen LogP contribution in [0.4, 0.5) is 0 Å². The van der Waals surface area contributed by atoms with Crippen molar-refractivity contribution in [2.45, 2.75) is 115 Å². The van der Waals surface area contributed by atoms with Crippen LogP contribution in [0.25, 0.3) is 131 Å². The van der Waals surface area contributed by atoms with Gasteiger partial charge in [-0.15, -0.1) is 11.3 Å². The number of pyridine rings is 6. The maximum Gasteiger partial charge on any atom is 0.274 e. The standard InChI is InChI=1S/C21H24N2O4.C20H22N2O3.C20H16N2O3.C18H18N2O3.C17H13N3O2S.C17H18N2O3/c1-23-12-18(16-9-10-22-20(16)21(23)25)17-11-13(24)3-8-19(17)27-15-6-4-14(26-2)5-7-15;2*1-22-12-17(15-9-10-21-19(15)20(22)24)16-11-13(23)7-8-18(16)25-14-5-3-2-4-6-14;1-20-10-15(13-7-8-19-17(13)18(20)22)14-9-11(21)5-6-16(14)23-12-3-2-4-12;1-20-9-13(12-7-8-18-14(12)17(20)21)15-16(19-10-23-15)22-11-5-3-2-4-6-11;1-3-8-22-15-5-4-11(20)9-13(15)14-10-19(2)17(21)16-12(14)6-7-18-16/h3,8-12,14-15,22,24H,4-7H2,1-2H3;7-12,14,21,23H,2-6H2,1H3;2-12,21,23H,1H3;5-10,12,19,21H,2-4H2,1H3;2-10,18H,1H3;4-7,9-10,18,20H,3,8H2,1-2H3. The minimum atomic E-state index is -0.102. The smallest absolute Gasteiger partial charge is 0.274 e. The number of fused-ring (bicyclic) bond motifs is 6. The molecule has 11 N–H and O–H groups in total. The minimum absolute atomic E-state index is 0.0520. The second kappa shape index (κ2) is 43.5. The number of nitrogens with zero attached hydrogens (tertiary/aromatic N) is 7. The number of aryl methyl sites for hydroxylation is 6. The second-order valence-corrected chi connectivity index (χ2v) is 37.1. The molecule has 3 saturated carbocycles. The first-order valence-corrected chi connectivity index (χ1v) is 48.9. The summed E-state index contributed by atoms with van der Waals surface area (Å²) in [6.45, 7) is 2.64. The van der Waals surface area contributed by atoms with Gasteiger partial charge >= 0.3 is 0 Å². The highest BCUT2D eigenvalue weighted by atomic mass is 32.1. The summed E-state index contributed by atoms with van der Waals surface area (Å²) in [6, 6.07) is 55.6. The van der Waals surface area contributed by atoms with E-state index in [1.54, 1.807) is 226 Å². The molecule has 23 rings (SSSR count). The quantitative estimate of drug-likeness (QED) is 0.0337. The third kappa shape index (κ3) is 21.4. The highest BCUT2D eigenvalue weighted by Crippen LogP contribution is 2.46. The van der Waals surface area contributed by atoms with Crippen molar-refractivity contribution in [3.05, 3.63) is 330 Å². The van der Waals surface area contributed by atoms with E-state index in [0.717, 1.165) is 174 Å². The molecule has 0 atom stereocenters. The summed E-state index contributed by atoms with van der Waals surface area (Å²) in [4.78, 5) is 96.7. The van der Waals surface area contributed by atoms with Crippen molar-refractivity contribution in [1.29, 1.82) is 0 Å². The summed E-state index contributed by atoms with van der Waals surface area (Å²) < 4.78 is 51.1. The zero-order chi connectivity index (χ0) is 101. The normalized spacial score (nSPS) is 14.1. The van der Waals surface area contributed by atoms with Crippen molar-refractivity contribution in [1.82, 2.24) is 62.3 Å². The lowest BCUT2D eigenvalue weighted by molar-refractivity contribution is 0.0329.